The Morgan fingerprint density at radius 3 is 2.12 bits per heavy atom. The summed E-state index contributed by atoms with van der Waals surface area (Å²) in [5, 5.41) is 13.2. The number of hydrogen-bond donors (Lipinski definition) is 1. The lowest BCUT2D eigenvalue weighted by Crippen LogP contribution is -2.31. The molecule has 9 heteroatoms. The summed E-state index contributed by atoms with van der Waals surface area (Å²) < 4.78 is 38.5. The van der Waals surface area contributed by atoms with E-state index in [1.165, 1.54) is 12.1 Å². The zero-order chi connectivity index (χ0) is 29.5. The summed E-state index contributed by atoms with van der Waals surface area (Å²) in [4.78, 5) is 24.0. The van der Waals surface area contributed by atoms with Crippen LogP contribution < -0.4 is 0 Å². The van der Waals surface area contributed by atoms with Gasteiger partial charge in [-0.25, -0.2) is 0 Å². The van der Waals surface area contributed by atoms with E-state index in [1.807, 2.05) is 31.2 Å². The first kappa shape index (κ1) is 32.2. The van der Waals surface area contributed by atoms with Crippen LogP contribution >= 0.6 is 0 Å². The van der Waals surface area contributed by atoms with E-state index >= 15 is 0 Å². The first-order valence-corrected chi connectivity index (χ1v) is 13.0. The number of halogens is 3. The lowest BCUT2D eigenvalue weighted by molar-refractivity contribution is -0.137. The summed E-state index contributed by atoms with van der Waals surface area (Å²) in [5.74, 6) is 0.612. The van der Waals surface area contributed by atoms with Crippen molar-refractivity contribution in [2.75, 3.05) is 20.7 Å². The van der Waals surface area contributed by atoms with Gasteiger partial charge < -0.3 is 14.8 Å². The number of alkyl halides is 3. The van der Waals surface area contributed by atoms with Crippen molar-refractivity contribution in [3.63, 3.8) is 0 Å². The van der Waals surface area contributed by atoms with Gasteiger partial charge in [0.15, 0.2) is 0 Å². The molecule has 0 radical (unpaired) electrons. The summed E-state index contributed by atoms with van der Waals surface area (Å²) in [6, 6.07) is 21.2. The summed E-state index contributed by atoms with van der Waals surface area (Å²) in [6.45, 7) is 2.64. The van der Waals surface area contributed by atoms with Gasteiger partial charge in [-0.15, -0.1) is 0 Å². The molecule has 0 aliphatic heterocycles. The van der Waals surface area contributed by atoms with Crippen molar-refractivity contribution in [2.45, 2.75) is 45.3 Å². The van der Waals surface area contributed by atoms with Crippen LogP contribution in [0.15, 0.2) is 77.9 Å². The molecule has 214 valence electrons. The topological polar surface area (TPSA) is 73.2 Å². The van der Waals surface area contributed by atoms with E-state index in [2.05, 4.69) is 29.4 Å². The first-order chi connectivity index (χ1) is 19.2. The second-order valence-corrected chi connectivity index (χ2v) is 9.04. The van der Waals surface area contributed by atoms with E-state index in [1.54, 1.807) is 17.0 Å². The zero-order valence-electron chi connectivity index (χ0n) is 23.1. The van der Waals surface area contributed by atoms with Crippen LogP contribution in [0.25, 0.3) is 11.1 Å². The van der Waals surface area contributed by atoms with E-state index in [0.29, 0.717) is 37.3 Å². The standard InChI is InChI=1S/C30H32F3N3O2.CH4O/c1-3-36(22-38)29(34-35(2)21-25-12-16-28(17-13-25)30(31,32)33)9-5-6-23-10-14-26(15-11-23)27-8-4-7-24(20-27)18-19-37;1-2/h4,7-8,10-17,19-20,22H,3,5-6,9,18,21H2,1-2H3;2H,1H3/b34-29-;. The van der Waals surface area contributed by atoms with E-state index in [-0.39, 0.29) is 0 Å². The highest BCUT2D eigenvalue weighted by Gasteiger charge is 2.29. The van der Waals surface area contributed by atoms with Crippen LogP contribution in [0.4, 0.5) is 13.2 Å². The highest BCUT2D eigenvalue weighted by molar-refractivity contribution is 5.90. The Balaban J connectivity index is 0.00000274. The second kappa shape index (κ2) is 16.2. The zero-order valence-corrected chi connectivity index (χ0v) is 23.1. The monoisotopic (exact) mass is 555 g/mol. The van der Waals surface area contributed by atoms with Crippen molar-refractivity contribution >= 4 is 18.5 Å². The Morgan fingerprint density at radius 2 is 1.55 bits per heavy atom. The molecule has 1 N–H and O–H groups in total. The maximum absolute atomic E-state index is 12.8. The maximum atomic E-state index is 12.8. The quantitative estimate of drug-likeness (QED) is 0.129. The highest BCUT2D eigenvalue weighted by Crippen LogP contribution is 2.29. The molecule has 0 bridgehead atoms. The van der Waals surface area contributed by atoms with E-state index in [4.69, 9.17) is 5.11 Å². The lowest BCUT2D eigenvalue weighted by Gasteiger charge is -2.22. The first-order valence-electron chi connectivity index (χ1n) is 13.0. The van der Waals surface area contributed by atoms with Gasteiger partial charge in [0.05, 0.1) is 12.1 Å². The van der Waals surface area contributed by atoms with Gasteiger partial charge in [-0.1, -0.05) is 60.7 Å². The average Bonchev–Trinajstić information content (AvgIpc) is 2.95. The van der Waals surface area contributed by atoms with Crippen LogP contribution in [0.1, 0.15) is 42.0 Å². The Labute approximate surface area is 233 Å². The molecule has 0 atom stereocenters. The maximum Gasteiger partial charge on any atom is 0.416 e. The van der Waals surface area contributed by atoms with Gasteiger partial charge >= 0.3 is 6.18 Å². The summed E-state index contributed by atoms with van der Waals surface area (Å²) in [6.07, 6.45) is -0.196. The molecule has 0 aliphatic rings. The number of hydrazone groups is 1. The summed E-state index contributed by atoms with van der Waals surface area (Å²) in [7, 11) is 2.74. The normalized spacial score (nSPS) is 11.3. The van der Waals surface area contributed by atoms with Crippen LogP contribution in [-0.4, -0.2) is 54.2 Å². The largest absolute Gasteiger partial charge is 0.416 e. The van der Waals surface area contributed by atoms with E-state index in [0.717, 1.165) is 67.0 Å². The molecule has 40 heavy (non-hydrogen) atoms. The predicted molar refractivity (Wildman–Crippen MR) is 152 cm³/mol. The number of carbonyl (C=O) groups is 2. The minimum atomic E-state index is -4.37. The molecular weight excluding hydrogens is 519 g/mol. The third kappa shape index (κ3) is 9.96. The van der Waals surface area contributed by atoms with Crippen LogP contribution in [0.3, 0.4) is 0 Å². The Kier molecular flexibility index (Phi) is 13.1. The van der Waals surface area contributed by atoms with Gasteiger partial charge in [0.2, 0.25) is 6.41 Å². The van der Waals surface area contributed by atoms with Crippen molar-refractivity contribution in [3.8, 4) is 11.1 Å². The number of carbonyl (C=O) groups excluding carboxylic acids is 2. The number of aryl methyl sites for hydroxylation is 1. The van der Waals surface area contributed by atoms with Gasteiger partial charge in [-0.05, 0) is 59.7 Å². The number of aliphatic hydroxyl groups is 1. The molecule has 0 saturated heterocycles. The smallest absolute Gasteiger partial charge is 0.400 e. The van der Waals surface area contributed by atoms with Gasteiger partial charge in [-0.3, -0.25) is 9.80 Å². The number of amidine groups is 1. The molecule has 0 fully saturated rings. The van der Waals surface area contributed by atoms with Crippen molar-refractivity contribution in [3.05, 3.63) is 95.1 Å². The number of nitrogens with zero attached hydrogens (tertiary/aromatic N) is 3. The Hall–Kier alpha value is -3.98. The molecule has 0 unspecified atom stereocenters. The number of amides is 1. The molecule has 6 nitrogen and oxygen atoms in total. The Bertz CT molecular complexity index is 1230. The fourth-order valence-electron chi connectivity index (χ4n) is 4.15. The molecule has 0 aliphatic carbocycles. The number of aliphatic hydroxyl groups excluding tert-OH is 1. The summed E-state index contributed by atoms with van der Waals surface area (Å²) >= 11 is 0. The van der Waals surface area contributed by atoms with Gasteiger partial charge in [-0.2, -0.15) is 18.3 Å². The van der Waals surface area contributed by atoms with Crippen LogP contribution in [-0.2, 0) is 35.2 Å². The van der Waals surface area contributed by atoms with Gasteiger partial charge in [0.25, 0.3) is 0 Å². The van der Waals surface area contributed by atoms with Crippen LogP contribution in [0.5, 0.6) is 0 Å². The third-order valence-corrected chi connectivity index (χ3v) is 6.18. The minimum absolute atomic E-state index is 0.313. The molecule has 0 spiro atoms. The SMILES string of the molecule is CCN(C=O)/C(CCCc1ccc(-c2cccc(CC=O)c2)cc1)=N\N(C)Cc1ccc(C(F)(F)F)cc1.CO. The Morgan fingerprint density at radius 1 is 0.900 bits per heavy atom. The van der Waals surface area contributed by atoms with Crippen molar-refractivity contribution < 1.29 is 27.9 Å². The molecular formula is C31H36F3N3O3. The van der Waals surface area contributed by atoms with Crippen molar-refractivity contribution in [2.24, 2.45) is 5.10 Å². The average molecular weight is 556 g/mol. The molecule has 3 rings (SSSR count). The lowest BCUT2D eigenvalue weighted by atomic mass is 9.99. The van der Waals surface area contributed by atoms with Crippen molar-refractivity contribution in [1.29, 1.82) is 0 Å². The second-order valence-electron chi connectivity index (χ2n) is 9.04. The van der Waals surface area contributed by atoms with Gasteiger partial charge in [0, 0.05) is 33.5 Å². The molecule has 0 heterocycles. The van der Waals surface area contributed by atoms with Crippen LogP contribution in [0, 0.1) is 0 Å². The molecule has 3 aromatic carbocycles. The molecule has 1 amide bonds. The fourth-order valence-corrected chi connectivity index (χ4v) is 4.15. The van der Waals surface area contributed by atoms with E-state index < -0.39 is 11.7 Å². The molecule has 3 aromatic rings. The highest BCUT2D eigenvalue weighted by atomic mass is 19.4. The predicted octanol–water partition coefficient (Wildman–Crippen LogP) is 5.97. The fraction of sp³-hybridized carbons (Fsp3) is 0.323. The van der Waals surface area contributed by atoms with E-state index in [9.17, 15) is 22.8 Å². The van der Waals surface area contributed by atoms with Gasteiger partial charge in [0.1, 0.15) is 12.1 Å². The third-order valence-electron chi connectivity index (χ3n) is 6.18. The number of hydrogen-bond acceptors (Lipinski definition) is 5. The molecule has 0 saturated carbocycles. The molecule has 0 aromatic heterocycles. The minimum Gasteiger partial charge on any atom is -0.400 e. The number of benzene rings is 3. The summed E-state index contributed by atoms with van der Waals surface area (Å²) in [5.41, 5.74) is 4.27. The van der Waals surface area contributed by atoms with Crippen molar-refractivity contribution in [1.82, 2.24) is 9.91 Å². The van der Waals surface area contributed by atoms with Crippen LogP contribution in [0.2, 0.25) is 0 Å². The number of aldehydes is 1. The number of rotatable bonds is 12.